The fraction of sp³-hybridized carbons (Fsp3) is 0. The fourth-order valence-corrected chi connectivity index (χ4v) is 0. The van der Waals surface area contributed by atoms with E-state index in [-0.39, 0.29) is 5.96 Å². The molecule has 0 heterocycles. The topological polar surface area (TPSA) is 133 Å². The molecule has 0 aromatic carbocycles. The van der Waals surface area contributed by atoms with E-state index in [1.54, 1.807) is 0 Å². The van der Waals surface area contributed by atoms with Crippen molar-refractivity contribution in [1.29, 1.82) is 5.41 Å². The summed E-state index contributed by atoms with van der Waals surface area (Å²) in [6, 6.07) is 0. The molecule has 50 valence electrons. The first-order valence-corrected chi connectivity index (χ1v) is 2.42. The number of hydrogen-bond acceptors (Lipinski definition) is 2. The van der Waals surface area contributed by atoms with E-state index in [1.807, 2.05) is 0 Å². The van der Waals surface area contributed by atoms with Crippen molar-refractivity contribution in [3.8, 4) is 0 Å². The van der Waals surface area contributed by atoms with E-state index in [9.17, 15) is 0 Å². The van der Waals surface area contributed by atoms with Crippen LogP contribution in [-0.2, 0) is 11.4 Å². The molecule has 0 aliphatic carbocycles. The Balaban J connectivity index is 0. The quantitative estimate of drug-likeness (QED) is 0.159. The van der Waals surface area contributed by atoms with Gasteiger partial charge in [-0.2, -0.15) is 4.21 Å². The van der Waals surface area contributed by atoms with Crippen LogP contribution >= 0.6 is 0 Å². The minimum Gasteiger partial charge on any atom is -0.370 e. The van der Waals surface area contributed by atoms with E-state index in [2.05, 4.69) is 11.5 Å². The fourth-order valence-electron chi connectivity index (χ4n) is 0. The smallest absolute Gasteiger partial charge is 0.299 e. The largest absolute Gasteiger partial charge is 0.370 e. The molecule has 8 heavy (non-hydrogen) atoms. The maximum atomic E-state index is 8.67. The molecule has 6 nitrogen and oxygen atoms in total. The van der Waals surface area contributed by atoms with E-state index in [0.717, 1.165) is 0 Å². The van der Waals surface area contributed by atoms with Crippen molar-refractivity contribution < 1.29 is 13.3 Å². The molecule has 0 saturated heterocycles. The van der Waals surface area contributed by atoms with Gasteiger partial charge in [0.2, 0.25) is 0 Å². The zero-order chi connectivity index (χ0) is 7.15. The molecular formula is CH7N3O3S. The highest BCUT2D eigenvalue weighted by atomic mass is 32.2. The lowest BCUT2D eigenvalue weighted by Gasteiger charge is -1.69. The van der Waals surface area contributed by atoms with E-state index in [4.69, 9.17) is 18.7 Å². The maximum absolute atomic E-state index is 8.67. The Morgan fingerprint density at radius 1 is 1.50 bits per heavy atom. The van der Waals surface area contributed by atoms with Crippen LogP contribution in [0.2, 0.25) is 0 Å². The van der Waals surface area contributed by atoms with Gasteiger partial charge in [-0.3, -0.25) is 14.5 Å². The lowest BCUT2D eigenvalue weighted by atomic mass is 11.1. The minimum atomic E-state index is -2.61. The zero-order valence-electron chi connectivity index (χ0n) is 3.87. The summed E-state index contributed by atoms with van der Waals surface area (Å²) in [5, 5.41) is 6.06. The van der Waals surface area contributed by atoms with Crippen LogP contribution in [0.15, 0.2) is 0 Å². The van der Waals surface area contributed by atoms with Crippen molar-refractivity contribution in [3.05, 3.63) is 0 Å². The molecule has 0 atom stereocenters. The second-order valence-corrected chi connectivity index (χ2v) is 1.15. The van der Waals surface area contributed by atoms with Gasteiger partial charge in [0.25, 0.3) is 11.4 Å². The van der Waals surface area contributed by atoms with E-state index >= 15 is 0 Å². The highest BCUT2D eigenvalue weighted by Gasteiger charge is 1.62. The molecule has 0 rings (SSSR count). The predicted molar refractivity (Wildman–Crippen MR) is 29.5 cm³/mol. The Hall–Kier alpha value is -0.660. The first-order chi connectivity index (χ1) is 3.46. The van der Waals surface area contributed by atoms with Gasteiger partial charge in [-0.15, -0.1) is 0 Å². The van der Waals surface area contributed by atoms with Crippen LogP contribution in [0.1, 0.15) is 0 Å². The number of rotatable bonds is 0. The average molecular weight is 141 g/mol. The molecular weight excluding hydrogens is 134 g/mol. The van der Waals surface area contributed by atoms with E-state index in [0.29, 0.717) is 0 Å². The van der Waals surface area contributed by atoms with Crippen molar-refractivity contribution in [3.63, 3.8) is 0 Å². The number of hydrogen-bond donors (Lipinski definition) is 5. The molecule has 0 saturated carbocycles. The van der Waals surface area contributed by atoms with Gasteiger partial charge < -0.3 is 11.5 Å². The van der Waals surface area contributed by atoms with Gasteiger partial charge in [-0.05, 0) is 0 Å². The SMILES string of the molecule is N=C(N)N.O=S(O)O. The first-order valence-electron chi connectivity index (χ1n) is 1.36. The van der Waals surface area contributed by atoms with Gasteiger partial charge >= 0.3 is 0 Å². The van der Waals surface area contributed by atoms with Crippen LogP contribution in [0.4, 0.5) is 0 Å². The molecule has 0 amide bonds. The standard InChI is InChI=1S/CH5N3.H2O3S/c2-1(3)4;1-4(2)3/h(H5,2,3,4);(H2,1,2,3). The molecule has 0 aromatic rings. The zero-order valence-corrected chi connectivity index (χ0v) is 4.68. The summed E-state index contributed by atoms with van der Waals surface area (Å²) >= 11 is -2.61. The summed E-state index contributed by atoms with van der Waals surface area (Å²) in [7, 11) is 0. The molecule has 0 fully saturated rings. The molecule has 0 unspecified atom stereocenters. The molecule has 7 N–H and O–H groups in total. The molecule has 0 aliphatic rings. The van der Waals surface area contributed by atoms with Gasteiger partial charge in [0.1, 0.15) is 0 Å². The Bertz CT molecular complexity index is 72.5. The minimum absolute atomic E-state index is 0.333. The number of nitrogens with two attached hydrogens (primary N) is 2. The summed E-state index contributed by atoms with van der Waals surface area (Å²) in [4.78, 5) is 0. The van der Waals surface area contributed by atoms with Crippen LogP contribution in [0.3, 0.4) is 0 Å². The molecule has 0 spiro atoms. The van der Waals surface area contributed by atoms with Gasteiger partial charge in [0, 0.05) is 0 Å². The Labute approximate surface area is 48.5 Å². The second-order valence-electron chi connectivity index (χ2n) is 0.686. The molecule has 0 aliphatic heterocycles. The second kappa shape index (κ2) is 6.34. The molecule has 0 aromatic heterocycles. The van der Waals surface area contributed by atoms with Crippen molar-refractivity contribution in [1.82, 2.24) is 0 Å². The Morgan fingerprint density at radius 3 is 1.50 bits per heavy atom. The normalized spacial score (nSPS) is 7.38. The van der Waals surface area contributed by atoms with Crippen LogP contribution in [0.25, 0.3) is 0 Å². The lowest BCUT2D eigenvalue weighted by molar-refractivity contribution is 0.454. The summed E-state index contributed by atoms with van der Waals surface area (Å²) in [6.07, 6.45) is 0. The van der Waals surface area contributed by atoms with Crippen LogP contribution < -0.4 is 11.5 Å². The number of nitrogens with one attached hydrogen (secondary N) is 1. The monoisotopic (exact) mass is 141 g/mol. The van der Waals surface area contributed by atoms with Crippen molar-refractivity contribution in [2.24, 2.45) is 11.5 Å². The first kappa shape index (κ1) is 10.3. The predicted octanol–water partition coefficient (Wildman–Crippen LogP) is -1.48. The summed E-state index contributed by atoms with van der Waals surface area (Å²) in [5.74, 6) is -0.333. The highest BCUT2D eigenvalue weighted by molar-refractivity contribution is 7.73. The van der Waals surface area contributed by atoms with E-state index in [1.165, 1.54) is 0 Å². The Morgan fingerprint density at radius 2 is 1.50 bits per heavy atom. The maximum Gasteiger partial charge on any atom is 0.299 e. The molecule has 7 heteroatoms. The average Bonchev–Trinajstić information content (AvgIpc) is 1.25. The highest BCUT2D eigenvalue weighted by Crippen LogP contribution is 1.44. The lowest BCUT2D eigenvalue weighted by Crippen LogP contribution is -2.20. The third-order valence-electron chi connectivity index (χ3n) is 0. The number of guanidine groups is 1. The van der Waals surface area contributed by atoms with Crippen LogP contribution in [0.5, 0.6) is 0 Å². The third kappa shape index (κ3) is 231. The van der Waals surface area contributed by atoms with Crippen LogP contribution in [-0.4, -0.2) is 19.3 Å². The van der Waals surface area contributed by atoms with Gasteiger partial charge in [-0.25, -0.2) is 0 Å². The molecule has 0 radical (unpaired) electrons. The van der Waals surface area contributed by atoms with Crippen molar-refractivity contribution in [2.45, 2.75) is 0 Å². The summed E-state index contributed by atoms with van der Waals surface area (Å²) in [5.41, 5.74) is 8.94. The summed E-state index contributed by atoms with van der Waals surface area (Å²) in [6.45, 7) is 0. The third-order valence-corrected chi connectivity index (χ3v) is 0. The van der Waals surface area contributed by atoms with Crippen molar-refractivity contribution >= 4 is 17.3 Å². The Kier molecular flexibility index (Phi) is 8.20. The van der Waals surface area contributed by atoms with Gasteiger partial charge in [-0.1, -0.05) is 0 Å². The van der Waals surface area contributed by atoms with Gasteiger partial charge in [0.15, 0.2) is 5.96 Å². The van der Waals surface area contributed by atoms with Gasteiger partial charge in [0.05, 0.1) is 0 Å². The summed E-state index contributed by atoms with van der Waals surface area (Å²) < 4.78 is 22.8. The van der Waals surface area contributed by atoms with Crippen molar-refractivity contribution in [2.75, 3.05) is 0 Å². The molecule has 0 bridgehead atoms. The van der Waals surface area contributed by atoms with Crippen LogP contribution in [0, 0.1) is 5.41 Å². The van der Waals surface area contributed by atoms with E-state index < -0.39 is 11.4 Å².